The fourth-order valence-electron chi connectivity index (χ4n) is 3.73. The van der Waals surface area contributed by atoms with Gasteiger partial charge in [0.2, 0.25) is 0 Å². The van der Waals surface area contributed by atoms with Crippen LogP contribution < -0.4 is 9.47 Å². The smallest absolute Gasteiger partial charge is 0.167 e. The first-order valence-electron chi connectivity index (χ1n) is 10.7. The molecule has 162 valence electrons. The van der Waals surface area contributed by atoms with Crippen molar-refractivity contribution in [3.63, 3.8) is 0 Å². The maximum absolute atomic E-state index is 12.8. The van der Waals surface area contributed by atoms with E-state index >= 15 is 0 Å². The molecule has 0 spiro atoms. The minimum Gasteiger partial charge on any atom is -0.507 e. The molecule has 1 N–H and O–H groups in total. The van der Waals surface area contributed by atoms with Crippen molar-refractivity contribution in [2.45, 2.75) is 33.5 Å². The number of hydrogen-bond donors (Lipinski definition) is 1. The van der Waals surface area contributed by atoms with E-state index in [0.29, 0.717) is 41.2 Å². The fourth-order valence-corrected chi connectivity index (χ4v) is 3.73. The summed E-state index contributed by atoms with van der Waals surface area (Å²) in [6.45, 7) is 4.34. The number of aryl methyl sites for hydroxylation is 1. The van der Waals surface area contributed by atoms with Gasteiger partial charge in [0.25, 0.3) is 0 Å². The average Bonchev–Trinajstić information content (AvgIpc) is 2.83. The minimum absolute atomic E-state index is 0.00636. The number of ketones is 1. The predicted octanol–water partition coefficient (Wildman–Crippen LogP) is 6.60. The zero-order chi connectivity index (χ0) is 22.5. The van der Waals surface area contributed by atoms with Crippen molar-refractivity contribution in [1.82, 2.24) is 0 Å². The molecule has 0 bridgehead atoms. The van der Waals surface area contributed by atoms with Gasteiger partial charge < -0.3 is 14.6 Å². The molecule has 0 aliphatic heterocycles. The van der Waals surface area contributed by atoms with Gasteiger partial charge in [-0.15, -0.1) is 0 Å². The van der Waals surface area contributed by atoms with Gasteiger partial charge in [-0.3, -0.25) is 4.79 Å². The quantitative estimate of drug-likeness (QED) is 0.322. The second-order valence-electron chi connectivity index (χ2n) is 7.76. The van der Waals surface area contributed by atoms with Crippen molar-refractivity contribution in [1.29, 1.82) is 0 Å². The van der Waals surface area contributed by atoms with Crippen LogP contribution in [0.15, 0.2) is 78.9 Å². The van der Waals surface area contributed by atoms with Crippen LogP contribution in [0.5, 0.6) is 17.2 Å². The van der Waals surface area contributed by atoms with Gasteiger partial charge in [-0.05, 0) is 41.1 Å². The molecule has 4 heteroatoms. The molecule has 0 saturated carbocycles. The third-order valence-corrected chi connectivity index (χ3v) is 5.42. The first-order valence-corrected chi connectivity index (χ1v) is 10.7. The van der Waals surface area contributed by atoms with E-state index < -0.39 is 0 Å². The van der Waals surface area contributed by atoms with Gasteiger partial charge >= 0.3 is 0 Å². The number of aromatic hydroxyl groups is 1. The maximum atomic E-state index is 12.8. The first kappa shape index (κ1) is 21.4. The van der Waals surface area contributed by atoms with Crippen LogP contribution in [0.3, 0.4) is 0 Å². The van der Waals surface area contributed by atoms with E-state index in [9.17, 15) is 9.90 Å². The first-order chi connectivity index (χ1) is 15.6. The summed E-state index contributed by atoms with van der Waals surface area (Å²) in [6, 6.07) is 25.3. The lowest BCUT2D eigenvalue weighted by Crippen LogP contribution is -2.04. The lowest BCUT2D eigenvalue weighted by atomic mass is 9.95. The number of fused-ring (bicyclic) bond motifs is 1. The molecule has 0 aromatic heterocycles. The van der Waals surface area contributed by atoms with E-state index in [4.69, 9.17) is 9.47 Å². The van der Waals surface area contributed by atoms with Gasteiger partial charge in [0, 0.05) is 17.9 Å². The van der Waals surface area contributed by atoms with Gasteiger partial charge in [-0.1, -0.05) is 67.6 Å². The molecule has 4 aromatic rings. The molecule has 0 saturated heterocycles. The Hall–Kier alpha value is -3.79. The largest absolute Gasteiger partial charge is 0.507 e. The number of benzene rings is 4. The lowest BCUT2D eigenvalue weighted by Gasteiger charge is -2.17. The van der Waals surface area contributed by atoms with E-state index in [1.807, 2.05) is 72.8 Å². The Kier molecular flexibility index (Phi) is 6.41. The SMILES string of the molecule is CCC(=O)c1c(O)c(C)cc2cc(OCc3ccccc3)cc(OCc3ccccc3)c12. The number of carbonyl (C=O) groups is 1. The van der Waals surface area contributed by atoms with E-state index in [1.54, 1.807) is 19.9 Å². The molecule has 4 rings (SSSR count). The van der Waals surface area contributed by atoms with Crippen LogP contribution in [-0.2, 0) is 13.2 Å². The fraction of sp³-hybridized carbons (Fsp3) is 0.179. The number of ether oxygens (including phenoxy) is 2. The second kappa shape index (κ2) is 9.56. The van der Waals surface area contributed by atoms with Crippen LogP contribution in [0.25, 0.3) is 10.8 Å². The average molecular weight is 427 g/mol. The number of phenols is 1. The summed E-state index contributed by atoms with van der Waals surface area (Å²) in [5.74, 6) is 1.04. The number of hydrogen-bond acceptors (Lipinski definition) is 4. The Balaban J connectivity index is 1.79. The van der Waals surface area contributed by atoms with Crippen molar-refractivity contribution in [2.24, 2.45) is 0 Å². The molecule has 4 nitrogen and oxygen atoms in total. The molecule has 0 unspecified atom stereocenters. The standard InChI is InChI=1S/C28H26O4/c1-3-24(29)27-26-22(14-19(2)28(27)30)15-23(31-17-20-10-6-4-7-11-20)16-25(26)32-18-21-12-8-5-9-13-21/h4-16,30H,3,17-18H2,1-2H3. The Morgan fingerprint density at radius 1 is 0.844 bits per heavy atom. The van der Waals surface area contributed by atoms with Crippen molar-refractivity contribution in [3.8, 4) is 17.2 Å². The number of rotatable bonds is 8. The van der Waals surface area contributed by atoms with Gasteiger partial charge in [0.05, 0.1) is 5.56 Å². The van der Waals surface area contributed by atoms with Crippen LogP contribution >= 0.6 is 0 Å². The van der Waals surface area contributed by atoms with Crippen LogP contribution in [0.2, 0.25) is 0 Å². The van der Waals surface area contributed by atoms with E-state index in [2.05, 4.69) is 0 Å². The summed E-state index contributed by atoms with van der Waals surface area (Å²) in [6.07, 6.45) is 0.288. The van der Waals surface area contributed by atoms with Gasteiger partial charge in [0.15, 0.2) is 5.78 Å². The molecule has 0 amide bonds. The molecular weight excluding hydrogens is 400 g/mol. The van der Waals surface area contributed by atoms with Crippen LogP contribution in [-0.4, -0.2) is 10.9 Å². The molecule has 0 radical (unpaired) electrons. The zero-order valence-electron chi connectivity index (χ0n) is 18.3. The predicted molar refractivity (Wildman–Crippen MR) is 127 cm³/mol. The molecule has 32 heavy (non-hydrogen) atoms. The third kappa shape index (κ3) is 4.59. The van der Waals surface area contributed by atoms with Crippen molar-refractivity contribution in [3.05, 3.63) is 101 Å². The highest BCUT2D eigenvalue weighted by Gasteiger charge is 2.21. The normalized spacial score (nSPS) is 10.8. The summed E-state index contributed by atoms with van der Waals surface area (Å²) in [5.41, 5.74) is 3.02. The zero-order valence-corrected chi connectivity index (χ0v) is 18.3. The van der Waals surface area contributed by atoms with Gasteiger partial charge in [-0.2, -0.15) is 0 Å². The summed E-state index contributed by atoms with van der Waals surface area (Å²) in [4.78, 5) is 12.8. The summed E-state index contributed by atoms with van der Waals surface area (Å²) >= 11 is 0. The minimum atomic E-state index is -0.126. The van der Waals surface area contributed by atoms with Gasteiger partial charge in [-0.25, -0.2) is 0 Å². The highest BCUT2D eigenvalue weighted by molar-refractivity contribution is 6.13. The third-order valence-electron chi connectivity index (χ3n) is 5.42. The maximum Gasteiger partial charge on any atom is 0.167 e. The molecule has 0 aliphatic carbocycles. The summed E-state index contributed by atoms with van der Waals surface area (Å²) in [5, 5.41) is 12.1. The molecule has 0 fully saturated rings. The topological polar surface area (TPSA) is 55.8 Å². The summed E-state index contributed by atoms with van der Waals surface area (Å²) in [7, 11) is 0. The number of phenolic OH excluding ortho intramolecular Hbond substituents is 1. The highest BCUT2D eigenvalue weighted by Crippen LogP contribution is 2.40. The lowest BCUT2D eigenvalue weighted by molar-refractivity contribution is 0.0987. The van der Waals surface area contributed by atoms with Gasteiger partial charge in [0.1, 0.15) is 30.5 Å². The van der Waals surface area contributed by atoms with Crippen LogP contribution in [0.4, 0.5) is 0 Å². The Morgan fingerprint density at radius 2 is 1.44 bits per heavy atom. The summed E-state index contributed by atoms with van der Waals surface area (Å²) < 4.78 is 12.2. The molecule has 0 heterocycles. The number of carbonyl (C=O) groups excluding carboxylic acids is 1. The van der Waals surface area contributed by atoms with Crippen molar-refractivity contribution < 1.29 is 19.4 Å². The van der Waals surface area contributed by atoms with Crippen molar-refractivity contribution in [2.75, 3.05) is 0 Å². The molecular formula is C28H26O4. The van der Waals surface area contributed by atoms with E-state index in [0.717, 1.165) is 16.5 Å². The molecule has 0 atom stereocenters. The van der Waals surface area contributed by atoms with E-state index in [1.165, 1.54) is 0 Å². The Bertz CT molecular complexity index is 1230. The highest BCUT2D eigenvalue weighted by atomic mass is 16.5. The van der Waals surface area contributed by atoms with Crippen LogP contribution in [0.1, 0.15) is 40.4 Å². The Morgan fingerprint density at radius 3 is 2.03 bits per heavy atom. The molecule has 0 aliphatic rings. The van der Waals surface area contributed by atoms with E-state index in [-0.39, 0.29) is 18.0 Å². The molecule has 4 aromatic carbocycles. The monoisotopic (exact) mass is 426 g/mol. The Labute approximate surface area is 188 Å². The number of Topliss-reactive ketones (excluding diaryl/α,β-unsaturated/α-hetero) is 1. The van der Waals surface area contributed by atoms with Crippen LogP contribution in [0, 0.1) is 6.92 Å². The second-order valence-corrected chi connectivity index (χ2v) is 7.76. The van der Waals surface area contributed by atoms with Crippen molar-refractivity contribution >= 4 is 16.6 Å².